The number of anilines is 1. The Morgan fingerprint density at radius 1 is 1.06 bits per heavy atom. The van der Waals surface area contributed by atoms with Crippen molar-refractivity contribution in [2.75, 3.05) is 18.5 Å². The highest BCUT2D eigenvalue weighted by atomic mass is 35.5. The largest absolute Gasteiger partial charge is 0.489 e. The van der Waals surface area contributed by atoms with E-state index in [1.54, 1.807) is 0 Å². The van der Waals surface area contributed by atoms with Crippen LogP contribution in [0.5, 0.6) is 5.75 Å². The minimum Gasteiger partial charge on any atom is -0.489 e. The molecule has 7 heteroatoms. The average molecular weight is 435 g/mol. The number of nitrogens with zero attached hydrogens (tertiary/aromatic N) is 3. The quantitative estimate of drug-likeness (QED) is 0.451. The van der Waals surface area contributed by atoms with Crippen LogP contribution in [0.3, 0.4) is 0 Å². The van der Waals surface area contributed by atoms with E-state index in [2.05, 4.69) is 10.3 Å². The topological polar surface area (TPSA) is 60.7 Å². The van der Waals surface area contributed by atoms with Gasteiger partial charge in [0.15, 0.2) is 5.65 Å². The van der Waals surface area contributed by atoms with E-state index in [1.165, 1.54) is 0 Å². The normalized spacial score (nSPS) is 14.6. The van der Waals surface area contributed by atoms with E-state index in [1.807, 2.05) is 71.4 Å². The van der Waals surface area contributed by atoms with Crippen LogP contribution in [0.4, 0.5) is 5.82 Å². The number of aromatic nitrogens is 3. The molecule has 0 unspecified atom stereocenters. The molecule has 1 fully saturated rings. The highest BCUT2D eigenvalue weighted by molar-refractivity contribution is 6.31. The van der Waals surface area contributed by atoms with Crippen molar-refractivity contribution in [1.29, 1.82) is 0 Å². The van der Waals surface area contributed by atoms with Crippen LogP contribution < -0.4 is 10.1 Å². The standard InChI is InChI=1S/C24H23ClN4O2/c25-21-7-2-1-4-18(21)16-31-20-6-3-5-17(14-20)22-15-26-24-9-8-23(28-29(22)24)27-19-10-12-30-13-11-19/h1-9,14-15,19H,10-13,16H2,(H,27,28). The second kappa shape index (κ2) is 8.96. The molecule has 0 atom stereocenters. The first-order valence-corrected chi connectivity index (χ1v) is 10.8. The third-order valence-corrected chi connectivity index (χ3v) is 5.79. The van der Waals surface area contributed by atoms with Gasteiger partial charge in [0.05, 0.1) is 11.9 Å². The Morgan fingerprint density at radius 2 is 1.94 bits per heavy atom. The van der Waals surface area contributed by atoms with Crippen LogP contribution in [0.1, 0.15) is 18.4 Å². The molecule has 2 aromatic carbocycles. The Bertz CT molecular complexity index is 1190. The number of rotatable bonds is 6. The van der Waals surface area contributed by atoms with Crippen molar-refractivity contribution in [3.05, 3.63) is 77.4 Å². The fourth-order valence-electron chi connectivity index (χ4n) is 3.72. The predicted molar refractivity (Wildman–Crippen MR) is 122 cm³/mol. The highest BCUT2D eigenvalue weighted by Gasteiger charge is 2.15. The zero-order valence-corrected chi connectivity index (χ0v) is 17.8. The molecular formula is C24H23ClN4O2. The third-order valence-electron chi connectivity index (χ3n) is 5.42. The van der Waals surface area contributed by atoms with E-state index in [0.29, 0.717) is 17.7 Å². The maximum atomic E-state index is 6.24. The fourth-order valence-corrected chi connectivity index (χ4v) is 3.91. The molecule has 2 aromatic heterocycles. The second-order valence-corrected chi connectivity index (χ2v) is 7.98. The summed E-state index contributed by atoms with van der Waals surface area (Å²) in [6, 6.07) is 20.0. The van der Waals surface area contributed by atoms with Gasteiger partial charge in [0.25, 0.3) is 0 Å². The van der Waals surface area contributed by atoms with Crippen molar-refractivity contribution in [3.63, 3.8) is 0 Å². The van der Waals surface area contributed by atoms with Gasteiger partial charge in [0.2, 0.25) is 0 Å². The van der Waals surface area contributed by atoms with E-state index in [9.17, 15) is 0 Å². The lowest BCUT2D eigenvalue weighted by Gasteiger charge is -2.23. The number of hydrogen-bond donors (Lipinski definition) is 1. The lowest BCUT2D eigenvalue weighted by molar-refractivity contribution is 0.0903. The minimum absolute atomic E-state index is 0.382. The molecule has 31 heavy (non-hydrogen) atoms. The lowest BCUT2D eigenvalue weighted by Crippen LogP contribution is -2.28. The number of benzene rings is 2. The van der Waals surface area contributed by atoms with Gasteiger partial charge < -0.3 is 14.8 Å². The van der Waals surface area contributed by atoms with Gasteiger partial charge in [-0.1, -0.05) is 41.9 Å². The molecule has 1 aliphatic heterocycles. The van der Waals surface area contributed by atoms with Gasteiger partial charge in [-0.15, -0.1) is 5.10 Å². The summed E-state index contributed by atoms with van der Waals surface area (Å²) in [5, 5.41) is 9.01. The molecule has 158 valence electrons. The van der Waals surface area contributed by atoms with Crippen molar-refractivity contribution < 1.29 is 9.47 Å². The molecule has 4 aromatic rings. The number of halogens is 1. The molecule has 1 aliphatic rings. The molecular weight excluding hydrogens is 412 g/mol. The third kappa shape index (κ3) is 4.50. The van der Waals surface area contributed by atoms with Crippen LogP contribution in [-0.4, -0.2) is 33.9 Å². The van der Waals surface area contributed by atoms with Gasteiger partial charge >= 0.3 is 0 Å². The molecule has 6 nitrogen and oxygen atoms in total. The first kappa shape index (κ1) is 19.8. The second-order valence-electron chi connectivity index (χ2n) is 7.57. The number of ether oxygens (including phenoxy) is 2. The first-order valence-electron chi connectivity index (χ1n) is 10.4. The number of nitrogens with one attached hydrogen (secondary N) is 1. The SMILES string of the molecule is Clc1ccccc1COc1cccc(-c2cnc3ccc(NC4CCOCC4)nn23)c1. The van der Waals surface area contributed by atoms with Crippen molar-refractivity contribution in [2.24, 2.45) is 0 Å². The van der Waals surface area contributed by atoms with E-state index >= 15 is 0 Å². The molecule has 5 rings (SSSR count). The average Bonchev–Trinajstić information content (AvgIpc) is 3.23. The summed E-state index contributed by atoms with van der Waals surface area (Å²) in [7, 11) is 0. The van der Waals surface area contributed by atoms with Crippen LogP contribution in [0, 0.1) is 0 Å². The Labute approximate surface area is 185 Å². The van der Waals surface area contributed by atoms with E-state index in [-0.39, 0.29) is 0 Å². The Morgan fingerprint density at radius 3 is 2.81 bits per heavy atom. The Balaban J connectivity index is 1.38. The van der Waals surface area contributed by atoms with Gasteiger partial charge in [-0.3, -0.25) is 0 Å². The van der Waals surface area contributed by atoms with Crippen LogP contribution in [0.25, 0.3) is 16.9 Å². The van der Waals surface area contributed by atoms with Crippen LogP contribution in [0.2, 0.25) is 5.02 Å². The monoisotopic (exact) mass is 434 g/mol. The maximum Gasteiger partial charge on any atom is 0.154 e. The molecule has 1 N–H and O–H groups in total. The summed E-state index contributed by atoms with van der Waals surface area (Å²) in [5.74, 6) is 1.61. The van der Waals surface area contributed by atoms with Crippen molar-refractivity contribution >= 4 is 23.1 Å². The molecule has 0 saturated carbocycles. The summed E-state index contributed by atoms with van der Waals surface area (Å²) in [6.45, 7) is 1.99. The lowest BCUT2D eigenvalue weighted by atomic mass is 10.1. The van der Waals surface area contributed by atoms with Crippen molar-refractivity contribution in [3.8, 4) is 17.0 Å². The smallest absolute Gasteiger partial charge is 0.154 e. The number of fused-ring (bicyclic) bond motifs is 1. The van der Waals surface area contributed by atoms with Crippen LogP contribution >= 0.6 is 11.6 Å². The number of hydrogen-bond acceptors (Lipinski definition) is 5. The van der Waals surface area contributed by atoms with Gasteiger partial charge in [0.1, 0.15) is 18.2 Å². The maximum absolute atomic E-state index is 6.24. The van der Waals surface area contributed by atoms with Gasteiger partial charge in [-0.25, -0.2) is 9.50 Å². The summed E-state index contributed by atoms with van der Waals surface area (Å²) < 4.78 is 13.3. The molecule has 0 radical (unpaired) electrons. The molecule has 0 bridgehead atoms. The van der Waals surface area contributed by atoms with Crippen LogP contribution in [0.15, 0.2) is 66.9 Å². The Hall–Kier alpha value is -3.09. The van der Waals surface area contributed by atoms with E-state index < -0.39 is 0 Å². The molecule has 0 amide bonds. The zero-order chi connectivity index (χ0) is 21.0. The molecule has 3 heterocycles. The fraction of sp³-hybridized carbons (Fsp3) is 0.250. The van der Waals surface area contributed by atoms with E-state index in [0.717, 1.165) is 60.1 Å². The van der Waals surface area contributed by atoms with Gasteiger partial charge in [-0.05, 0) is 43.2 Å². The van der Waals surface area contributed by atoms with Crippen molar-refractivity contribution in [1.82, 2.24) is 14.6 Å². The molecule has 0 aliphatic carbocycles. The highest BCUT2D eigenvalue weighted by Crippen LogP contribution is 2.26. The summed E-state index contributed by atoms with van der Waals surface area (Å²) >= 11 is 6.24. The summed E-state index contributed by atoms with van der Waals surface area (Å²) in [4.78, 5) is 4.51. The molecule has 1 saturated heterocycles. The van der Waals surface area contributed by atoms with Gasteiger partial charge in [-0.2, -0.15) is 0 Å². The number of imidazole rings is 1. The minimum atomic E-state index is 0.382. The van der Waals surface area contributed by atoms with Crippen molar-refractivity contribution in [2.45, 2.75) is 25.5 Å². The predicted octanol–water partition coefficient (Wildman–Crippen LogP) is 5.22. The van der Waals surface area contributed by atoms with Crippen LogP contribution in [-0.2, 0) is 11.3 Å². The zero-order valence-electron chi connectivity index (χ0n) is 17.0. The first-order chi connectivity index (χ1) is 15.3. The Kier molecular flexibility index (Phi) is 5.74. The summed E-state index contributed by atoms with van der Waals surface area (Å²) in [5.41, 5.74) is 3.65. The van der Waals surface area contributed by atoms with Gasteiger partial charge in [0, 0.05) is 35.4 Å². The molecule has 0 spiro atoms. The van der Waals surface area contributed by atoms with E-state index in [4.69, 9.17) is 26.2 Å². The summed E-state index contributed by atoms with van der Waals surface area (Å²) in [6.07, 6.45) is 3.82.